The van der Waals surface area contributed by atoms with Crippen LogP contribution in [0.25, 0.3) is 0 Å². The summed E-state index contributed by atoms with van der Waals surface area (Å²) < 4.78 is 0. The van der Waals surface area contributed by atoms with E-state index in [0.717, 1.165) is 5.01 Å². The van der Waals surface area contributed by atoms with E-state index in [2.05, 4.69) is 26.0 Å². The Balaban J connectivity index is 2.90. The second-order valence-corrected chi connectivity index (χ2v) is 9.05. The summed E-state index contributed by atoms with van der Waals surface area (Å²) in [7, 11) is -0.506. The molecule has 0 saturated carbocycles. The maximum absolute atomic E-state index is 12.9. The van der Waals surface area contributed by atoms with Gasteiger partial charge in [-0.3, -0.25) is 9.59 Å². The summed E-state index contributed by atoms with van der Waals surface area (Å²) in [4.78, 5) is 45.6. The smallest absolute Gasteiger partial charge is 0.426 e. The Labute approximate surface area is 191 Å². The number of carbonyl (C=O) groups excluding carboxylic acids is 2. The number of nitrogens with two attached hydrogens (primary N) is 1. The topological polar surface area (TPSA) is 182 Å². The highest BCUT2D eigenvalue weighted by molar-refractivity contribution is 7.13. The molecule has 2 atom stereocenters. The fourth-order valence-corrected chi connectivity index (χ4v) is 3.80. The molecule has 2 amide bonds. The minimum absolute atomic E-state index is 0.0660. The van der Waals surface area contributed by atoms with Crippen molar-refractivity contribution in [1.82, 2.24) is 21.0 Å². The summed E-state index contributed by atoms with van der Waals surface area (Å²) in [6, 6.07) is -0.940. The molecular formula is C18H33BN7O5S+. The highest BCUT2D eigenvalue weighted by atomic mass is 32.1. The van der Waals surface area contributed by atoms with Gasteiger partial charge in [-0.05, 0) is 39.0 Å². The number of aliphatic imine (C=N–C) groups is 1. The van der Waals surface area contributed by atoms with Gasteiger partial charge in [-0.25, -0.2) is 9.98 Å². The second-order valence-electron chi connectivity index (χ2n) is 7.85. The lowest BCUT2D eigenvalue weighted by molar-refractivity contribution is -0.562. The normalized spacial score (nSPS) is 13.4. The van der Waals surface area contributed by atoms with Gasteiger partial charge < -0.3 is 26.4 Å². The van der Waals surface area contributed by atoms with Gasteiger partial charge in [0.1, 0.15) is 15.8 Å². The van der Waals surface area contributed by atoms with E-state index in [1.54, 1.807) is 13.8 Å². The van der Waals surface area contributed by atoms with E-state index in [0.29, 0.717) is 28.3 Å². The molecule has 0 aromatic carbocycles. The Kier molecular flexibility index (Phi) is 11.2. The minimum atomic E-state index is -1.73. The predicted octanol–water partition coefficient (Wildman–Crippen LogP) is -0.591. The highest BCUT2D eigenvalue weighted by Crippen LogP contribution is 2.17. The van der Waals surface area contributed by atoms with Crippen molar-refractivity contribution in [2.45, 2.75) is 58.9 Å². The molecule has 0 bridgehead atoms. The zero-order valence-corrected chi connectivity index (χ0v) is 19.9. The Morgan fingerprint density at radius 3 is 2.44 bits per heavy atom. The first kappa shape index (κ1) is 27.5. The number of hydrogen-bond donors (Lipinski definition) is 6. The van der Waals surface area contributed by atoms with Crippen LogP contribution >= 0.6 is 11.3 Å². The van der Waals surface area contributed by atoms with Gasteiger partial charge >= 0.3 is 7.12 Å². The molecule has 178 valence electrons. The van der Waals surface area contributed by atoms with E-state index in [4.69, 9.17) is 5.73 Å². The number of rotatable bonds is 12. The first-order valence-corrected chi connectivity index (χ1v) is 11.1. The maximum Gasteiger partial charge on any atom is 0.475 e. The predicted molar refractivity (Wildman–Crippen MR) is 123 cm³/mol. The van der Waals surface area contributed by atoms with E-state index in [9.17, 15) is 24.5 Å². The molecule has 0 aliphatic carbocycles. The molecule has 0 aliphatic heterocycles. The number of hydrazine groups is 1. The molecule has 32 heavy (non-hydrogen) atoms. The zero-order chi connectivity index (χ0) is 24.4. The molecule has 0 radical (unpaired) electrons. The van der Waals surface area contributed by atoms with Crippen LogP contribution in [0.3, 0.4) is 0 Å². The molecule has 0 aliphatic rings. The Hall–Kier alpha value is -2.58. The molecular weight excluding hydrogens is 437 g/mol. The van der Waals surface area contributed by atoms with Crippen LogP contribution in [0.4, 0.5) is 0 Å². The third kappa shape index (κ3) is 9.70. The number of nitroso groups, excluding NO2 is 1. The van der Waals surface area contributed by atoms with Gasteiger partial charge in [0.2, 0.25) is 18.9 Å². The van der Waals surface area contributed by atoms with Gasteiger partial charge in [-0.1, -0.05) is 19.3 Å². The maximum atomic E-state index is 12.9. The molecule has 12 nitrogen and oxygen atoms in total. The first-order valence-electron chi connectivity index (χ1n) is 10.3. The number of thiazole rings is 1. The van der Waals surface area contributed by atoms with Crippen molar-refractivity contribution in [2.24, 2.45) is 16.6 Å². The van der Waals surface area contributed by atoms with E-state index in [-0.39, 0.29) is 24.8 Å². The van der Waals surface area contributed by atoms with E-state index >= 15 is 0 Å². The third-order valence-corrected chi connectivity index (χ3v) is 5.42. The van der Waals surface area contributed by atoms with Gasteiger partial charge in [-0.2, -0.15) is 0 Å². The van der Waals surface area contributed by atoms with Crippen LogP contribution in [0.5, 0.6) is 0 Å². The van der Waals surface area contributed by atoms with E-state index in [1.165, 1.54) is 18.4 Å². The lowest BCUT2D eigenvalue weighted by Gasteiger charge is -2.24. The van der Waals surface area contributed by atoms with Crippen LogP contribution in [0.2, 0.25) is 0 Å². The number of hydrogen-bond acceptors (Lipinski definition) is 8. The summed E-state index contributed by atoms with van der Waals surface area (Å²) in [6.45, 7) is 7.50. The summed E-state index contributed by atoms with van der Waals surface area (Å²) in [6.07, 6.45) is 0.946. The van der Waals surface area contributed by atoms with Crippen molar-refractivity contribution in [2.75, 3.05) is 13.6 Å². The molecule has 0 saturated heterocycles. The van der Waals surface area contributed by atoms with Gasteiger partial charge in [0.15, 0.2) is 0 Å². The number of amides is 2. The van der Waals surface area contributed by atoms with E-state index < -0.39 is 30.9 Å². The van der Waals surface area contributed by atoms with Gasteiger partial charge in [0, 0.05) is 6.54 Å². The number of nitrogens with one attached hydrogen (secondary N) is 3. The standard InChI is InChI=1S/C18H32BN7O5S/c1-10(2)9-14(19(29)30)24-16(27)13(7-6-8-21-18(20)25-26(5)31)23-17(28)15-11(3)22-12(4)32-15/h10,13-14,29-30H,6-9H2,1-5H3,(H4-,20,21,23,24,25,27,28,31)/p+1/t13-,14-/m0/s1. The molecule has 1 aromatic rings. The van der Waals surface area contributed by atoms with Crippen molar-refractivity contribution in [1.29, 1.82) is 0 Å². The van der Waals surface area contributed by atoms with Crippen LogP contribution in [0, 0.1) is 24.7 Å². The molecule has 7 N–H and O–H groups in total. The fraction of sp³-hybridized carbons (Fsp3) is 0.667. The van der Waals surface area contributed by atoms with Crippen molar-refractivity contribution in [3.8, 4) is 0 Å². The summed E-state index contributed by atoms with van der Waals surface area (Å²) in [5, 5.41) is 25.3. The lowest BCUT2D eigenvalue weighted by atomic mass is 9.75. The highest BCUT2D eigenvalue weighted by Gasteiger charge is 2.30. The monoisotopic (exact) mass is 470 g/mol. The average molecular weight is 470 g/mol. The molecule has 1 rings (SSSR count). The molecule has 1 heterocycles. The molecule has 0 unspecified atom stereocenters. The number of carbonyl (C=O) groups is 2. The van der Waals surface area contributed by atoms with Crippen molar-refractivity contribution in [3.05, 3.63) is 20.5 Å². The van der Waals surface area contributed by atoms with Crippen molar-refractivity contribution in [3.63, 3.8) is 0 Å². The molecule has 0 spiro atoms. The minimum Gasteiger partial charge on any atom is -0.426 e. The van der Waals surface area contributed by atoms with Crippen LogP contribution in [0.1, 0.15) is 53.5 Å². The largest absolute Gasteiger partial charge is 0.475 e. The molecule has 1 aromatic heterocycles. The Bertz CT molecular complexity index is 831. The summed E-state index contributed by atoms with van der Waals surface area (Å²) in [5.74, 6) is -1.80. The number of nitrogens with zero attached hydrogens (tertiary/aromatic N) is 3. The van der Waals surface area contributed by atoms with Crippen LogP contribution < -0.4 is 21.8 Å². The Morgan fingerprint density at radius 2 is 1.94 bits per heavy atom. The summed E-state index contributed by atoms with van der Waals surface area (Å²) in [5.41, 5.74) is 8.39. The average Bonchev–Trinajstić information content (AvgIpc) is 3.00. The van der Waals surface area contributed by atoms with Crippen LogP contribution in [0.15, 0.2) is 4.99 Å². The third-order valence-electron chi connectivity index (χ3n) is 4.35. The first-order chi connectivity index (χ1) is 14.9. The van der Waals surface area contributed by atoms with Gasteiger partial charge in [-0.15, -0.1) is 11.3 Å². The van der Waals surface area contributed by atoms with Crippen molar-refractivity contribution >= 4 is 36.2 Å². The molecule has 0 fully saturated rings. The fourth-order valence-electron chi connectivity index (χ4n) is 2.97. The second kappa shape index (κ2) is 13.1. The lowest BCUT2D eigenvalue weighted by Crippen LogP contribution is -2.54. The summed E-state index contributed by atoms with van der Waals surface area (Å²) >= 11 is 1.23. The van der Waals surface area contributed by atoms with Gasteiger partial charge in [0.05, 0.1) is 21.5 Å². The van der Waals surface area contributed by atoms with Crippen molar-refractivity contribution < 1.29 is 24.5 Å². The van der Waals surface area contributed by atoms with E-state index in [1.807, 2.05) is 13.8 Å². The van der Waals surface area contributed by atoms with Crippen LogP contribution in [-0.4, -0.2) is 70.4 Å². The number of aryl methyl sites for hydroxylation is 2. The Morgan fingerprint density at radius 1 is 1.28 bits per heavy atom. The zero-order valence-electron chi connectivity index (χ0n) is 19.1. The number of guanidine groups is 1. The SMILES string of the molecule is Cc1nc(C)c(C(=O)N[C@@H](CCCN=C(N)N[N+](C)=O)C(=O)N[C@@H](CC(C)C)B(O)O)s1. The van der Waals surface area contributed by atoms with Crippen LogP contribution in [-0.2, 0) is 4.79 Å². The van der Waals surface area contributed by atoms with Gasteiger partial charge in [0.25, 0.3) is 5.91 Å². The number of aromatic nitrogens is 1. The quantitative estimate of drug-likeness (QED) is 0.0585. The molecule has 14 heteroatoms.